The van der Waals surface area contributed by atoms with Gasteiger partial charge in [-0.1, -0.05) is 37.3 Å². The minimum Gasteiger partial charge on any atom is -0.497 e. The molecule has 0 aliphatic rings. The van der Waals surface area contributed by atoms with Crippen LogP contribution in [-0.4, -0.2) is 34.9 Å². The summed E-state index contributed by atoms with van der Waals surface area (Å²) in [7, 11) is 3.14. The minimum absolute atomic E-state index is 0.261. The predicted octanol–water partition coefficient (Wildman–Crippen LogP) is 6.23. The average molecular weight is 493 g/mol. The van der Waals surface area contributed by atoms with Crippen molar-refractivity contribution < 1.29 is 14.3 Å². The van der Waals surface area contributed by atoms with Gasteiger partial charge in [0.15, 0.2) is 0 Å². The number of carbonyl (C=O) groups excluding carboxylic acids is 1. The molecule has 0 saturated heterocycles. The molecule has 186 valence electrons. The van der Waals surface area contributed by atoms with Crippen molar-refractivity contribution in [2.75, 3.05) is 19.5 Å². The van der Waals surface area contributed by atoms with Gasteiger partial charge in [-0.3, -0.25) is 4.79 Å². The van der Waals surface area contributed by atoms with E-state index < -0.39 is 0 Å². The fourth-order valence-electron chi connectivity index (χ4n) is 4.39. The number of benzene rings is 3. The maximum atomic E-state index is 13.6. The monoisotopic (exact) mass is 492 g/mol. The molecule has 7 heteroatoms. The Morgan fingerprint density at radius 1 is 0.973 bits per heavy atom. The van der Waals surface area contributed by atoms with Gasteiger partial charge in [0.05, 0.1) is 54.3 Å². The number of anilines is 1. The molecule has 2 heterocycles. The molecule has 0 radical (unpaired) electrons. The van der Waals surface area contributed by atoms with Crippen LogP contribution in [-0.2, 0) is 6.42 Å². The Hall–Kier alpha value is -4.65. The van der Waals surface area contributed by atoms with Crippen molar-refractivity contribution in [1.82, 2.24) is 14.8 Å². The van der Waals surface area contributed by atoms with Gasteiger partial charge in [-0.15, -0.1) is 0 Å². The summed E-state index contributed by atoms with van der Waals surface area (Å²) in [5.41, 5.74) is 6.52. The number of hydrogen-bond donors (Lipinski definition) is 1. The van der Waals surface area contributed by atoms with Crippen molar-refractivity contribution in [1.29, 1.82) is 0 Å². The van der Waals surface area contributed by atoms with Gasteiger partial charge in [0.1, 0.15) is 11.5 Å². The fraction of sp³-hybridized carbons (Fsp3) is 0.167. The van der Waals surface area contributed by atoms with Crippen molar-refractivity contribution >= 4 is 22.5 Å². The molecule has 37 heavy (non-hydrogen) atoms. The van der Waals surface area contributed by atoms with E-state index in [0.29, 0.717) is 28.4 Å². The smallest absolute Gasteiger partial charge is 0.256 e. The summed E-state index contributed by atoms with van der Waals surface area (Å²) < 4.78 is 12.6. The number of rotatable bonds is 7. The molecular weight excluding hydrogens is 464 g/mol. The molecule has 0 spiro atoms. The third kappa shape index (κ3) is 4.63. The third-order valence-corrected chi connectivity index (χ3v) is 6.49. The number of aromatic nitrogens is 3. The number of ether oxygens (including phenoxy) is 2. The van der Waals surface area contributed by atoms with Gasteiger partial charge in [-0.2, -0.15) is 5.10 Å². The normalized spacial score (nSPS) is 10.9. The molecule has 1 N–H and O–H groups in total. The van der Waals surface area contributed by atoms with E-state index in [0.717, 1.165) is 34.3 Å². The Morgan fingerprint density at radius 3 is 2.49 bits per heavy atom. The zero-order chi connectivity index (χ0) is 25.9. The Labute approximate surface area is 215 Å². The van der Waals surface area contributed by atoms with E-state index in [2.05, 4.69) is 41.6 Å². The van der Waals surface area contributed by atoms with E-state index in [1.165, 1.54) is 5.56 Å². The number of para-hydroxylation sites is 1. The third-order valence-electron chi connectivity index (χ3n) is 6.49. The van der Waals surface area contributed by atoms with E-state index in [9.17, 15) is 4.79 Å². The molecule has 5 rings (SSSR count). The summed E-state index contributed by atoms with van der Waals surface area (Å²) in [6.07, 6.45) is 2.78. The van der Waals surface area contributed by atoms with E-state index in [4.69, 9.17) is 14.5 Å². The summed E-state index contributed by atoms with van der Waals surface area (Å²) in [6.45, 7) is 4.14. The Balaban J connectivity index is 1.55. The zero-order valence-corrected chi connectivity index (χ0v) is 21.3. The maximum absolute atomic E-state index is 13.6. The molecule has 0 aliphatic heterocycles. The van der Waals surface area contributed by atoms with E-state index >= 15 is 0 Å². The quantitative estimate of drug-likeness (QED) is 0.291. The lowest BCUT2D eigenvalue weighted by molar-refractivity contribution is 0.102. The van der Waals surface area contributed by atoms with Gasteiger partial charge < -0.3 is 14.8 Å². The first-order chi connectivity index (χ1) is 18.0. The summed E-state index contributed by atoms with van der Waals surface area (Å²) in [6, 6.07) is 23.1. The highest BCUT2D eigenvalue weighted by atomic mass is 16.5. The van der Waals surface area contributed by atoms with Crippen LogP contribution in [0.2, 0.25) is 0 Å². The van der Waals surface area contributed by atoms with Crippen LogP contribution in [0.3, 0.4) is 0 Å². The topological polar surface area (TPSA) is 78.3 Å². The highest BCUT2D eigenvalue weighted by molar-refractivity contribution is 6.13. The van der Waals surface area contributed by atoms with Crippen LogP contribution in [0.5, 0.6) is 11.5 Å². The van der Waals surface area contributed by atoms with Crippen LogP contribution < -0.4 is 14.8 Å². The first kappa shape index (κ1) is 24.1. The van der Waals surface area contributed by atoms with Crippen LogP contribution in [0, 0.1) is 6.92 Å². The van der Waals surface area contributed by atoms with Crippen LogP contribution in [0.4, 0.5) is 5.69 Å². The van der Waals surface area contributed by atoms with E-state index in [1.807, 2.05) is 41.9 Å². The molecule has 5 aromatic rings. The van der Waals surface area contributed by atoms with Crippen molar-refractivity contribution in [3.05, 3.63) is 95.8 Å². The molecule has 1 amide bonds. The highest BCUT2D eigenvalue weighted by Crippen LogP contribution is 2.32. The SMILES string of the molecule is CCc1ccc(-n2ncc(-c3cc(C(=O)Nc4ccc(OC)cc4OC)c4ccccc4n3)c2C)cc1. The fourth-order valence-corrected chi connectivity index (χ4v) is 4.39. The molecule has 7 nitrogen and oxygen atoms in total. The van der Waals surface area contributed by atoms with Crippen LogP contribution >= 0.6 is 0 Å². The van der Waals surface area contributed by atoms with E-state index in [1.54, 1.807) is 38.6 Å². The average Bonchev–Trinajstić information content (AvgIpc) is 3.33. The van der Waals surface area contributed by atoms with Gasteiger partial charge in [-0.05, 0) is 55.3 Å². The predicted molar refractivity (Wildman–Crippen MR) is 146 cm³/mol. The number of amides is 1. The second-order valence-electron chi connectivity index (χ2n) is 8.67. The first-order valence-electron chi connectivity index (χ1n) is 12.1. The number of carbonyl (C=O) groups is 1. The number of nitrogens with one attached hydrogen (secondary N) is 1. The number of fused-ring (bicyclic) bond motifs is 1. The van der Waals surface area contributed by atoms with Gasteiger partial charge in [-0.25, -0.2) is 9.67 Å². The number of aryl methyl sites for hydroxylation is 1. The molecule has 3 aromatic carbocycles. The lowest BCUT2D eigenvalue weighted by Gasteiger charge is -2.13. The lowest BCUT2D eigenvalue weighted by atomic mass is 10.0. The van der Waals surface area contributed by atoms with Gasteiger partial charge >= 0.3 is 0 Å². The second-order valence-corrected chi connectivity index (χ2v) is 8.67. The van der Waals surface area contributed by atoms with E-state index in [-0.39, 0.29) is 5.91 Å². The molecule has 0 saturated carbocycles. The molecule has 2 aromatic heterocycles. The summed E-state index contributed by atoms with van der Waals surface area (Å²) in [4.78, 5) is 18.4. The summed E-state index contributed by atoms with van der Waals surface area (Å²) >= 11 is 0. The Morgan fingerprint density at radius 2 is 1.76 bits per heavy atom. The standard InChI is InChI=1S/C30H28N4O3/c1-5-20-10-12-21(13-11-20)34-19(2)25(18-31-34)28-17-24(23-8-6-7-9-26(23)32-28)30(35)33-27-15-14-22(36-3)16-29(27)37-4/h6-18H,5H2,1-4H3,(H,33,35). The van der Waals surface area contributed by atoms with Gasteiger partial charge in [0.25, 0.3) is 5.91 Å². The van der Waals surface area contributed by atoms with Gasteiger partial charge in [0.2, 0.25) is 0 Å². The number of hydrogen-bond acceptors (Lipinski definition) is 5. The second kappa shape index (κ2) is 10.1. The van der Waals surface area contributed by atoms with Crippen molar-refractivity contribution in [3.8, 4) is 28.4 Å². The highest BCUT2D eigenvalue weighted by Gasteiger charge is 2.18. The molecule has 0 atom stereocenters. The first-order valence-corrected chi connectivity index (χ1v) is 12.1. The number of pyridine rings is 1. The summed E-state index contributed by atoms with van der Waals surface area (Å²) in [5.74, 6) is 0.893. The lowest BCUT2D eigenvalue weighted by Crippen LogP contribution is -2.14. The maximum Gasteiger partial charge on any atom is 0.256 e. The summed E-state index contributed by atoms with van der Waals surface area (Å²) in [5, 5.41) is 8.38. The van der Waals surface area contributed by atoms with Gasteiger partial charge in [0, 0.05) is 17.0 Å². The zero-order valence-electron chi connectivity index (χ0n) is 21.3. The van der Waals surface area contributed by atoms with Crippen molar-refractivity contribution in [3.63, 3.8) is 0 Å². The molecule has 0 fully saturated rings. The largest absolute Gasteiger partial charge is 0.497 e. The van der Waals surface area contributed by atoms with Crippen LogP contribution in [0.15, 0.2) is 79.0 Å². The van der Waals surface area contributed by atoms with Crippen LogP contribution in [0.1, 0.15) is 28.5 Å². The van der Waals surface area contributed by atoms with Crippen molar-refractivity contribution in [2.24, 2.45) is 0 Å². The minimum atomic E-state index is -0.261. The molecule has 0 bridgehead atoms. The number of methoxy groups -OCH3 is 2. The van der Waals surface area contributed by atoms with Crippen LogP contribution in [0.25, 0.3) is 27.8 Å². The number of nitrogens with zero attached hydrogens (tertiary/aromatic N) is 3. The Kier molecular flexibility index (Phi) is 6.60. The van der Waals surface area contributed by atoms with Crippen molar-refractivity contribution in [2.45, 2.75) is 20.3 Å². The molecule has 0 unspecified atom stereocenters. The molecular formula is C30H28N4O3. The Bertz CT molecular complexity index is 1590. The molecule has 0 aliphatic carbocycles.